The fourth-order valence-electron chi connectivity index (χ4n) is 1.28. The van der Waals surface area contributed by atoms with E-state index in [-0.39, 0.29) is 10.7 Å². The van der Waals surface area contributed by atoms with Crippen molar-refractivity contribution in [3.63, 3.8) is 0 Å². The Morgan fingerprint density at radius 2 is 1.94 bits per heavy atom. The Morgan fingerprint density at radius 3 is 2.59 bits per heavy atom. The van der Waals surface area contributed by atoms with Crippen molar-refractivity contribution in [1.82, 2.24) is 4.98 Å². The SMILES string of the molecule is Fc1cccnc1C(=S)Nc1ccc(Cl)cc1. The third kappa shape index (κ3) is 2.99. The van der Waals surface area contributed by atoms with Gasteiger partial charge >= 0.3 is 0 Å². The lowest BCUT2D eigenvalue weighted by Gasteiger charge is -2.07. The van der Waals surface area contributed by atoms with Crippen molar-refractivity contribution >= 4 is 34.5 Å². The van der Waals surface area contributed by atoms with E-state index < -0.39 is 5.82 Å². The van der Waals surface area contributed by atoms with Gasteiger partial charge in [0.2, 0.25) is 0 Å². The van der Waals surface area contributed by atoms with Gasteiger partial charge in [-0.05, 0) is 36.4 Å². The largest absolute Gasteiger partial charge is 0.345 e. The molecule has 0 saturated heterocycles. The first-order valence-corrected chi connectivity index (χ1v) is 5.63. The Bertz CT molecular complexity index is 542. The summed E-state index contributed by atoms with van der Waals surface area (Å²) in [6.07, 6.45) is 1.49. The second kappa shape index (κ2) is 5.21. The lowest BCUT2D eigenvalue weighted by Crippen LogP contribution is -2.14. The molecule has 1 aromatic heterocycles. The molecule has 86 valence electrons. The maximum absolute atomic E-state index is 13.4. The summed E-state index contributed by atoms with van der Waals surface area (Å²) in [5, 5.41) is 3.53. The van der Waals surface area contributed by atoms with E-state index in [0.717, 1.165) is 5.69 Å². The fraction of sp³-hybridized carbons (Fsp3) is 0. The van der Waals surface area contributed by atoms with Gasteiger partial charge in [0.15, 0.2) is 5.82 Å². The Labute approximate surface area is 108 Å². The van der Waals surface area contributed by atoms with Gasteiger partial charge in [-0.2, -0.15) is 0 Å². The number of thiocarbonyl (C=S) groups is 1. The second-order valence-corrected chi connectivity index (χ2v) is 4.14. The van der Waals surface area contributed by atoms with Crippen LogP contribution in [0.25, 0.3) is 0 Å². The molecule has 2 nitrogen and oxygen atoms in total. The summed E-state index contributed by atoms with van der Waals surface area (Å²) in [6.45, 7) is 0. The van der Waals surface area contributed by atoms with Crippen LogP contribution in [0.4, 0.5) is 10.1 Å². The molecule has 2 rings (SSSR count). The molecule has 0 aliphatic heterocycles. The molecule has 5 heteroatoms. The summed E-state index contributed by atoms with van der Waals surface area (Å²) < 4.78 is 13.4. The van der Waals surface area contributed by atoms with Crippen LogP contribution >= 0.6 is 23.8 Å². The predicted molar refractivity (Wildman–Crippen MR) is 71.0 cm³/mol. The van der Waals surface area contributed by atoms with E-state index in [1.54, 1.807) is 24.3 Å². The summed E-state index contributed by atoms with van der Waals surface area (Å²) >= 11 is 10.8. The highest BCUT2D eigenvalue weighted by Gasteiger charge is 2.08. The van der Waals surface area contributed by atoms with Crippen molar-refractivity contribution in [1.29, 1.82) is 0 Å². The van der Waals surface area contributed by atoms with E-state index >= 15 is 0 Å². The fourth-order valence-corrected chi connectivity index (χ4v) is 1.67. The number of rotatable bonds is 2. The van der Waals surface area contributed by atoms with Gasteiger partial charge in [-0.3, -0.25) is 4.98 Å². The first-order chi connectivity index (χ1) is 8.16. The number of nitrogens with zero attached hydrogens (tertiary/aromatic N) is 1. The summed E-state index contributed by atoms with van der Waals surface area (Å²) in [4.78, 5) is 4.13. The van der Waals surface area contributed by atoms with Crippen LogP contribution in [0.5, 0.6) is 0 Å². The van der Waals surface area contributed by atoms with Crippen LogP contribution in [-0.2, 0) is 0 Å². The molecule has 0 aliphatic rings. The van der Waals surface area contributed by atoms with Crippen molar-refractivity contribution in [2.45, 2.75) is 0 Å². The predicted octanol–water partition coefficient (Wildman–Crippen LogP) is 3.66. The standard InChI is InChI=1S/C12H8ClFN2S/c13-8-3-5-9(6-4-8)16-12(17)11-10(14)2-1-7-15-11/h1-7H,(H,16,17). The van der Waals surface area contributed by atoms with Crippen molar-refractivity contribution in [2.75, 3.05) is 5.32 Å². The first kappa shape index (κ1) is 12.0. The van der Waals surface area contributed by atoms with Crippen molar-refractivity contribution in [3.8, 4) is 0 Å². The minimum Gasteiger partial charge on any atom is -0.345 e. The first-order valence-electron chi connectivity index (χ1n) is 4.84. The van der Waals surface area contributed by atoms with Crippen LogP contribution in [0, 0.1) is 5.82 Å². The third-order valence-electron chi connectivity index (χ3n) is 2.08. The monoisotopic (exact) mass is 266 g/mol. The molecule has 0 radical (unpaired) electrons. The molecule has 0 atom stereocenters. The maximum atomic E-state index is 13.4. The number of nitrogens with one attached hydrogen (secondary N) is 1. The lowest BCUT2D eigenvalue weighted by molar-refractivity contribution is 0.618. The highest BCUT2D eigenvalue weighted by Crippen LogP contribution is 2.15. The van der Waals surface area contributed by atoms with E-state index in [1.165, 1.54) is 18.3 Å². The van der Waals surface area contributed by atoms with Gasteiger partial charge in [-0.1, -0.05) is 23.8 Å². The zero-order valence-corrected chi connectivity index (χ0v) is 10.2. The summed E-state index contributed by atoms with van der Waals surface area (Å²) in [5.41, 5.74) is 0.877. The lowest BCUT2D eigenvalue weighted by atomic mass is 10.3. The van der Waals surface area contributed by atoms with Gasteiger partial charge in [0.05, 0.1) is 0 Å². The van der Waals surface area contributed by atoms with Crippen molar-refractivity contribution in [2.24, 2.45) is 0 Å². The van der Waals surface area contributed by atoms with Crippen LogP contribution in [0.1, 0.15) is 5.69 Å². The topological polar surface area (TPSA) is 24.9 Å². The van der Waals surface area contributed by atoms with Crippen molar-refractivity contribution < 1.29 is 4.39 Å². The third-order valence-corrected chi connectivity index (χ3v) is 2.62. The zero-order valence-electron chi connectivity index (χ0n) is 8.65. The normalized spacial score (nSPS) is 10.0. The Morgan fingerprint density at radius 1 is 1.24 bits per heavy atom. The Kier molecular flexibility index (Phi) is 3.66. The van der Waals surface area contributed by atoms with E-state index in [4.69, 9.17) is 23.8 Å². The second-order valence-electron chi connectivity index (χ2n) is 3.29. The minimum absolute atomic E-state index is 0.137. The number of pyridine rings is 1. The van der Waals surface area contributed by atoms with Gasteiger partial charge in [-0.15, -0.1) is 0 Å². The molecular formula is C12H8ClFN2S. The van der Waals surface area contributed by atoms with E-state index in [9.17, 15) is 4.39 Å². The quantitative estimate of drug-likeness (QED) is 0.840. The molecule has 1 N–H and O–H groups in total. The van der Waals surface area contributed by atoms with Gasteiger partial charge in [0, 0.05) is 16.9 Å². The summed E-state index contributed by atoms with van der Waals surface area (Å²) in [7, 11) is 0. The van der Waals surface area contributed by atoms with Crippen molar-refractivity contribution in [3.05, 3.63) is 59.1 Å². The number of halogens is 2. The minimum atomic E-state index is -0.445. The Hall–Kier alpha value is -1.52. The number of benzene rings is 1. The molecule has 2 aromatic rings. The van der Waals surface area contributed by atoms with Gasteiger partial charge in [0.1, 0.15) is 10.7 Å². The highest BCUT2D eigenvalue weighted by atomic mass is 35.5. The summed E-state index contributed by atoms with van der Waals surface area (Å²) in [6, 6.07) is 9.80. The molecule has 0 aliphatic carbocycles. The molecule has 0 bridgehead atoms. The molecule has 0 unspecified atom stereocenters. The van der Waals surface area contributed by atoms with E-state index in [2.05, 4.69) is 10.3 Å². The highest BCUT2D eigenvalue weighted by molar-refractivity contribution is 7.81. The zero-order chi connectivity index (χ0) is 12.3. The van der Waals surface area contributed by atoms with E-state index in [0.29, 0.717) is 5.02 Å². The summed E-state index contributed by atoms with van der Waals surface area (Å²) in [5.74, 6) is -0.445. The molecule has 0 saturated carbocycles. The number of anilines is 1. The molecule has 0 spiro atoms. The van der Waals surface area contributed by atoms with Gasteiger partial charge in [-0.25, -0.2) is 4.39 Å². The molecule has 17 heavy (non-hydrogen) atoms. The van der Waals surface area contributed by atoms with Crippen LogP contribution in [-0.4, -0.2) is 9.97 Å². The van der Waals surface area contributed by atoms with Gasteiger partial charge in [0.25, 0.3) is 0 Å². The number of aromatic nitrogens is 1. The van der Waals surface area contributed by atoms with Crippen LogP contribution in [0.2, 0.25) is 5.02 Å². The smallest absolute Gasteiger partial charge is 0.151 e. The van der Waals surface area contributed by atoms with Crippen LogP contribution in [0.15, 0.2) is 42.6 Å². The molecular weight excluding hydrogens is 259 g/mol. The van der Waals surface area contributed by atoms with Crippen LogP contribution < -0.4 is 5.32 Å². The molecule has 1 heterocycles. The molecule has 1 aromatic carbocycles. The van der Waals surface area contributed by atoms with Crippen LogP contribution in [0.3, 0.4) is 0 Å². The molecule has 0 amide bonds. The van der Waals surface area contributed by atoms with Gasteiger partial charge < -0.3 is 5.32 Å². The Balaban J connectivity index is 2.17. The van der Waals surface area contributed by atoms with E-state index in [1.807, 2.05) is 0 Å². The molecule has 0 fully saturated rings. The maximum Gasteiger partial charge on any atom is 0.151 e. The number of hydrogen-bond donors (Lipinski definition) is 1. The number of hydrogen-bond acceptors (Lipinski definition) is 2. The average Bonchev–Trinajstić information content (AvgIpc) is 2.32. The average molecular weight is 267 g/mol.